The molecule has 0 fully saturated rings. The first-order valence-electron chi connectivity index (χ1n) is 3.37. The molecule has 2 aromatic rings. The first-order valence-corrected chi connectivity index (χ1v) is 3.75. The third-order valence-corrected chi connectivity index (χ3v) is 1.61. The Hall–Kier alpha value is -1.35. The van der Waals surface area contributed by atoms with Crippen LogP contribution in [0.25, 0.3) is 11.4 Å². The van der Waals surface area contributed by atoms with Crippen LogP contribution in [0.2, 0.25) is 5.15 Å². The van der Waals surface area contributed by atoms with E-state index in [0.29, 0.717) is 11.0 Å². The smallest absolute Gasteiger partial charge is 0.164 e. The molecular weight excluding hydrogens is 176 g/mol. The maximum Gasteiger partial charge on any atom is 0.164 e. The summed E-state index contributed by atoms with van der Waals surface area (Å²) < 4.78 is 4.89. The molecule has 0 N–H and O–H groups in total. The molecule has 0 amide bonds. The lowest BCUT2D eigenvalue weighted by molar-refractivity contribution is 0.568. The highest BCUT2D eigenvalue weighted by molar-refractivity contribution is 6.29. The van der Waals surface area contributed by atoms with Gasteiger partial charge < -0.3 is 4.42 Å². The Morgan fingerprint density at radius 2 is 2.25 bits per heavy atom. The Morgan fingerprint density at radius 3 is 2.92 bits per heavy atom. The van der Waals surface area contributed by atoms with Gasteiger partial charge in [0, 0.05) is 6.20 Å². The van der Waals surface area contributed by atoms with Gasteiger partial charge in [-0.05, 0) is 12.1 Å². The van der Waals surface area contributed by atoms with Gasteiger partial charge in [-0.3, -0.25) is 0 Å². The summed E-state index contributed by atoms with van der Waals surface area (Å²) in [5, 5.41) is 0.432. The summed E-state index contributed by atoms with van der Waals surface area (Å²) in [5.41, 5.74) is 0.831. The zero-order chi connectivity index (χ0) is 8.39. The molecule has 12 heavy (non-hydrogen) atoms. The number of furan rings is 1. The summed E-state index contributed by atoms with van der Waals surface area (Å²) in [7, 11) is 0. The molecule has 0 aliphatic rings. The first kappa shape index (κ1) is 7.31. The second-order valence-corrected chi connectivity index (χ2v) is 2.60. The molecule has 60 valence electrons. The van der Waals surface area contributed by atoms with E-state index in [1.807, 2.05) is 0 Å². The van der Waals surface area contributed by atoms with Crippen LogP contribution in [-0.2, 0) is 0 Å². The quantitative estimate of drug-likeness (QED) is 0.633. The Bertz CT molecular complexity index is 372. The minimum absolute atomic E-state index is 0.432. The largest absolute Gasteiger partial charge is 0.472 e. The highest BCUT2D eigenvalue weighted by atomic mass is 35.5. The number of nitrogens with zero attached hydrogens (tertiary/aromatic N) is 2. The summed E-state index contributed by atoms with van der Waals surface area (Å²) >= 11 is 5.68. The van der Waals surface area contributed by atoms with E-state index in [9.17, 15) is 0 Å². The van der Waals surface area contributed by atoms with Crippen molar-refractivity contribution in [3.63, 3.8) is 0 Å². The molecule has 3 nitrogen and oxygen atoms in total. The van der Waals surface area contributed by atoms with E-state index in [1.54, 1.807) is 30.9 Å². The van der Waals surface area contributed by atoms with E-state index in [2.05, 4.69) is 9.97 Å². The molecule has 0 saturated heterocycles. The molecule has 0 aliphatic heterocycles. The fourth-order valence-corrected chi connectivity index (χ4v) is 1.00. The Kier molecular flexibility index (Phi) is 1.80. The molecule has 0 aliphatic carbocycles. The Balaban J connectivity index is 2.48. The maximum absolute atomic E-state index is 5.68. The van der Waals surface area contributed by atoms with Crippen molar-refractivity contribution in [1.82, 2.24) is 9.97 Å². The molecule has 0 saturated carbocycles. The van der Waals surface area contributed by atoms with Gasteiger partial charge in [0.25, 0.3) is 0 Å². The van der Waals surface area contributed by atoms with Crippen molar-refractivity contribution in [3.8, 4) is 11.4 Å². The number of hydrogen-bond acceptors (Lipinski definition) is 3. The fourth-order valence-electron chi connectivity index (χ4n) is 0.867. The summed E-state index contributed by atoms with van der Waals surface area (Å²) in [6, 6.07) is 3.41. The highest BCUT2D eigenvalue weighted by Crippen LogP contribution is 2.15. The predicted octanol–water partition coefficient (Wildman–Crippen LogP) is 2.39. The molecule has 0 radical (unpaired) electrons. The molecule has 2 rings (SSSR count). The first-order chi connectivity index (χ1) is 5.86. The van der Waals surface area contributed by atoms with Crippen LogP contribution in [0.15, 0.2) is 35.3 Å². The van der Waals surface area contributed by atoms with Crippen LogP contribution in [0.5, 0.6) is 0 Å². The van der Waals surface area contributed by atoms with Gasteiger partial charge in [-0.25, -0.2) is 9.97 Å². The van der Waals surface area contributed by atoms with Crippen LogP contribution < -0.4 is 0 Å². The van der Waals surface area contributed by atoms with E-state index in [0.717, 1.165) is 5.56 Å². The average Bonchev–Trinajstić information content (AvgIpc) is 2.56. The van der Waals surface area contributed by atoms with Crippen molar-refractivity contribution < 1.29 is 4.42 Å². The SMILES string of the molecule is Clc1ccnc(-c2ccoc2)n1. The van der Waals surface area contributed by atoms with Crippen LogP contribution in [0.1, 0.15) is 0 Å². The Labute approximate surface area is 74.0 Å². The van der Waals surface area contributed by atoms with Gasteiger partial charge in [0.2, 0.25) is 0 Å². The van der Waals surface area contributed by atoms with Crippen molar-refractivity contribution in [3.05, 3.63) is 36.0 Å². The lowest BCUT2D eigenvalue weighted by Gasteiger charge is -1.93. The summed E-state index contributed by atoms with van der Waals surface area (Å²) in [6.07, 6.45) is 4.75. The van der Waals surface area contributed by atoms with Crippen LogP contribution >= 0.6 is 11.6 Å². The van der Waals surface area contributed by atoms with Gasteiger partial charge in [0.1, 0.15) is 11.4 Å². The van der Waals surface area contributed by atoms with Crippen LogP contribution in [-0.4, -0.2) is 9.97 Å². The number of rotatable bonds is 1. The third-order valence-electron chi connectivity index (χ3n) is 1.40. The molecule has 0 spiro atoms. The van der Waals surface area contributed by atoms with Crippen molar-refractivity contribution >= 4 is 11.6 Å². The topological polar surface area (TPSA) is 38.9 Å². The number of halogens is 1. The van der Waals surface area contributed by atoms with E-state index >= 15 is 0 Å². The van der Waals surface area contributed by atoms with Crippen molar-refractivity contribution in [2.75, 3.05) is 0 Å². The van der Waals surface area contributed by atoms with E-state index in [-0.39, 0.29) is 0 Å². The average molecular weight is 181 g/mol. The second kappa shape index (κ2) is 2.95. The maximum atomic E-state index is 5.68. The summed E-state index contributed by atoms with van der Waals surface area (Å²) in [6.45, 7) is 0. The normalized spacial score (nSPS) is 10.1. The molecular formula is C8H5ClN2O. The predicted molar refractivity (Wildman–Crippen MR) is 44.7 cm³/mol. The Morgan fingerprint density at radius 1 is 1.33 bits per heavy atom. The fraction of sp³-hybridized carbons (Fsp3) is 0. The van der Waals surface area contributed by atoms with Gasteiger partial charge in [-0.15, -0.1) is 0 Å². The molecule has 4 heteroatoms. The van der Waals surface area contributed by atoms with Crippen molar-refractivity contribution in [2.45, 2.75) is 0 Å². The van der Waals surface area contributed by atoms with Crippen LogP contribution in [0.4, 0.5) is 0 Å². The van der Waals surface area contributed by atoms with Gasteiger partial charge >= 0.3 is 0 Å². The summed E-state index contributed by atoms with van der Waals surface area (Å²) in [5.74, 6) is 0.580. The zero-order valence-corrected chi connectivity index (χ0v) is 6.82. The zero-order valence-electron chi connectivity index (χ0n) is 6.07. The lowest BCUT2D eigenvalue weighted by Crippen LogP contribution is -1.85. The molecule has 2 heterocycles. The highest BCUT2D eigenvalue weighted by Gasteiger charge is 2.01. The minimum Gasteiger partial charge on any atom is -0.472 e. The second-order valence-electron chi connectivity index (χ2n) is 2.21. The minimum atomic E-state index is 0.432. The van der Waals surface area contributed by atoms with E-state index < -0.39 is 0 Å². The standard InChI is InChI=1S/C8H5ClN2O/c9-7-1-3-10-8(11-7)6-2-4-12-5-6/h1-5H. The monoisotopic (exact) mass is 180 g/mol. The molecule has 2 aromatic heterocycles. The number of aromatic nitrogens is 2. The van der Waals surface area contributed by atoms with Crippen molar-refractivity contribution in [1.29, 1.82) is 0 Å². The van der Waals surface area contributed by atoms with Crippen molar-refractivity contribution in [2.24, 2.45) is 0 Å². The van der Waals surface area contributed by atoms with Crippen LogP contribution in [0.3, 0.4) is 0 Å². The number of hydrogen-bond donors (Lipinski definition) is 0. The third kappa shape index (κ3) is 1.31. The van der Waals surface area contributed by atoms with E-state index in [4.69, 9.17) is 16.0 Å². The molecule has 0 bridgehead atoms. The molecule has 0 aromatic carbocycles. The van der Waals surface area contributed by atoms with Crippen LogP contribution in [0, 0.1) is 0 Å². The summed E-state index contributed by atoms with van der Waals surface area (Å²) in [4.78, 5) is 8.04. The van der Waals surface area contributed by atoms with Gasteiger partial charge in [-0.2, -0.15) is 0 Å². The van der Waals surface area contributed by atoms with E-state index in [1.165, 1.54) is 0 Å². The van der Waals surface area contributed by atoms with Gasteiger partial charge in [-0.1, -0.05) is 11.6 Å². The molecule has 0 atom stereocenters. The molecule has 0 unspecified atom stereocenters. The van der Waals surface area contributed by atoms with Gasteiger partial charge in [0.05, 0.1) is 11.8 Å². The van der Waals surface area contributed by atoms with Gasteiger partial charge in [0.15, 0.2) is 5.82 Å². The lowest BCUT2D eigenvalue weighted by atomic mass is 10.3.